The molecule has 119 heavy (non-hydrogen) atoms. The number of nitrogens with one attached hydrogen (secondary N) is 3. The van der Waals surface area contributed by atoms with Crippen LogP contribution in [0.2, 0.25) is 0 Å². The third kappa shape index (κ3) is 51.3. The maximum absolute atomic E-state index is 13.3. The third-order valence-corrected chi connectivity index (χ3v) is 19.0. The predicted molar refractivity (Wildman–Crippen MR) is 437 cm³/mol. The van der Waals surface area contributed by atoms with Crippen molar-refractivity contribution in [2.24, 2.45) is 49.7 Å². The van der Waals surface area contributed by atoms with Crippen LogP contribution in [0.25, 0.3) is 0 Å². The fraction of sp³-hybridized carbons (Fsp3) is 0.765. The van der Waals surface area contributed by atoms with Gasteiger partial charge in [-0.2, -0.15) is 0 Å². The van der Waals surface area contributed by atoms with E-state index >= 15 is 0 Å². The van der Waals surface area contributed by atoms with E-state index in [1.54, 1.807) is 76.2 Å². The second-order valence-corrected chi connectivity index (χ2v) is 32.2. The first-order chi connectivity index (χ1) is 55.7. The molecule has 0 saturated carbocycles. The molecule has 0 aromatic rings. The average Bonchev–Trinajstić information content (AvgIpc) is 0.793. The Kier molecular flexibility index (Phi) is 59.7. The molecule has 3 amide bonds. The molecule has 686 valence electrons. The number of ether oxygens (including phenoxy) is 14. The highest BCUT2D eigenvalue weighted by Crippen LogP contribution is 2.47. The zero-order valence-electron chi connectivity index (χ0n) is 74.5. The molecule has 0 heterocycles. The highest BCUT2D eigenvalue weighted by Gasteiger charge is 2.51. The van der Waals surface area contributed by atoms with E-state index in [1.165, 1.54) is 58.8 Å². The molecule has 6 N–H and O–H groups in total. The number of aliphatic hydroxyl groups excluding tert-OH is 3. The van der Waals surface area contributed by atoms with Gasteiger partial charge in [-0.3, -0.25) is 38.4 Å². The van der Waals surface area contributed by atoms with Crippen molar-refractivity contribution in [1.29, 1.82) is 0 Å². The first kappa shape index (κ1) is 114. The highest BCUT2D eigenvalue weighted by molar-refractivity contribution is 5.88. The van der Waals surface area contributed by atoms with Crippen LogP contribution in [0.4, 0.5) is 14.4 Å². The van der Waals surface area contributed by atoms with Crippen molar-refractivity contribution in [2.75, 3.05) is 126 Å². The molecule has 0 bridgehead atoms. The minimum absolute atomic E-state index is 0.00475. The van der Waals surface area contributed by atoms with Crippen molar-refractivity contribution in [1.82, 2.24) is 16.0 Å². The van der Waals surface area contributed by atoms with Crippen LogP contribution in [0.15, 0.2) is 37.0 Å². The largest absolute Gasteiger partial charge is 0.466 e. The Morgan fingerprint density at radius 3 is 1.10 bits per heavy atom. The Bertz CT molecular complexity index is 3130. The minimum atomic E-state index is -1.32. The van der Waals surface area contributed by atoms with Gasteiger partial charge in [-0.25, -0.2) is 28.8 Å². The summed E-state index contributed by atoms with van der Waals surface area (Å²) < 4.78 is 71.3. The molecule has 0 radical (unpaired) electrons. The molecule has 7 atom stereocenters. The number of unbranched alkanes of at least 4 members (excludes halogenated alkanes) is 9. The van der Waals surface area contributed by atoms with E-state index in [1.807, 2.05) is 27.7 Å². The number of alkyl carbamates (subject to hydrolysis) is 3. The van der Waals surface area contributed by atoms with Crippen LogP contribution in [-0.2, 0) is 119 Å². The number of rotatable bonds is 60. The second-order valence-electron chi connectivity index (χ2n) is 32.2. The van der Waals surface area contributed by atoms with Gasteiger partial charge in [0, 0.05) is 17.2 Å². The lowest BCUT2D eigenvalue weighted by atomic mass is 9.65. The number of carbonyl (C=O) groups excluding carboxylic acids is 14. The molecule has 0 aliphatic heterocycles. The summed E-state index contributed by atoms with van der Waals surface area (Å²) in [4.78, 5) is 172. The average molecular weight is 1710 g/mol. The quantitative estimate of drug-likeness (QED) is 0.0108. The number of esters is 11. The molecule has 0 fully saturated rings. The Morgan fingerprint density at radius 2 is 0.723 bits per heavy atom. The topological polar surface area (TPSA) is 465 Å². The third-order valence-electron chi connectivity index (χ3n) is 19.0. The summed E-state index contributed by atoms with van der Waals surface area (Å²) in [6.45, 7) is 39.0. The fourth-order valence-electron chi connectivity index (χ4n) is 12.5. The van der Waals surface area contributed by atoms with Crippen LogP contribution in [0.3, 0.4) is 0 Å². The van der Waals surface area contributed by atoms with Crippen LogP contribution in [0.5, 0.6) is 0 Å². The molecule has 0 aromatic carbocycles. The Balaban J connectivity index is -0.00000172. The molecule has 0 aliphatic rings. The van der Waals surface area contributed by atoms with E-state index in [9.17, 15) is 67.1 Å². The van der Waals surface area contributed by atoms with Gasteiger partial charge in [-0.15, -0.1) is 0 Å². The molecular formula is C85H145N3O31. The number of hydrogen-bond donors (Lipinski definition) is 6. The van der Waals surface area contributed by atoms with Crippen molar-refractivity contribution >= 4 is 83.9 Å². The molecule has 34 heteroatoms. The molecule has 34 nitrogen and oxygen atoms in total. The predicted octanol–water partition coefficient (Wildman–Crippen LogP) is 11.3. The molecule has 0 aliphatic carbocycles. The molecule has 7 unspecified atom stereocenters. The van der Waals surface area contributed by atoms with E-state index in [0.717, 1.165) is 25.3 Å². The van der Waals surface area contributed by atoms with Crippen LogP contribution in [0.1, 0.15) is 247 Å². The van der Waals surface area contributed by atoms with Gasteiger partial charge < -0.3 is 97.6 Å². The normalized spacial score (nSPS) is 14.0. The molecule has 0 rings (SSSR count). The Hall–Kier alpha value is -8.92. The lowest BCUT2D eigenvalue weighted by molar-refractivity contribution is -0.172. The SMILES string of the molecule is C=C(C)C(=O)OCCNC(=O)OCCOC(=O)C(C)(CC(C)(C)C(=O)OCC)CC(C)(CC)C(=O)OCCO.C=C(C)C(=O)OCCNC(=O)OCCOC(=O)C(C)(CC(C)(C)C)CC(C)(CC)C(=O)OCO.C=CC(=O)OCCNC(=O)OCCOC(=O)C(CC(C)C(=O)OCCCCCCCCCCCC)CC(C)(CC)C(=O)OCCO. The summed E-state index contributed by atoms with van der Waals surface area (Å²) in [5.41, 5.74) is -6.36. The zero-order chi connectivity index (χ0) is 91.5. The van der Waals surface area contributed by atoms with Gasteiger partial charge in [0.25, 0.3) is 0 Å². The summed E-state index contributed by atoms with van der Waals surface area (Å²) in [6.07, 6.45) is 12.2. The summed E-state index contributed by atoms with van der Waals surface area (Å²) in [7, 11) is 0. The Labute approximate surface area is 704 Å². The van der Waals surface area contributed by atoms with Crippen LogP contribution in [-0.4, -0.2) is 225 Å². The zero-order valence-corrected chi connectivity index (χ0v) is 74.5. The summed E-state index contributed by atoms with van der Waals surface area (Å²) in [6, 6.07) is 0. The first-order valence-electron chi connectivity index (χ1n) is 41.1. The van der Waals surface area contributed by atoms with Gasteiger partial charge in [0.05, 0.1) is 90.4 Å². The van der Waals surface area contributed by atoms with Gasteiger partial charge in [0.2, 0.25) is 0 Å². The van der Waals surface area contributed by atoms with E-state index < -0.39 is 135 Å². The number of carbonyl (C=O) groups is 14. The maximum Gasteiger partial charge on any atom is 0.407 e. The van der Waals surface area contributed by atoms with Crippen LogP contribution >= 0.6 is 0 Å². The lowest BCUT2D eigenvalue weighted by Crippen LogP contribution is -2.44. The van der Waals surface area contributed by atoms with Gasteiger partial charge in [-0.05, 0) is 139 Å². The summed E-state index contributed by atoms with van der Waals surface area (Å²) in [5.74, 6) is -7.73. The highest BCUT2D eigenvalue weighted by atomic mass is 16.6. The molecule has 0 aromatic heterocycles. The van der Waals surface area contributed by atoms with Gasteiger partial charge in [0.15, 0.2) is 6.79 Å². The lowest BCUT2D eigenvalue weighted by Gasteiger charge is -2.39. The minimum Gasteiger partial charge on any atom is -0.466 e. The van der Waals surface area contributed by atoms with E-state index in [2.05, 4.69) is 42.6 Å². The fourth-order valence-corrected chi connectivity index (χ4v) is 12.5. The molecule has 0 saturated heterocycles. The summed E-state index contributed by atoms with van der Waals surface area (Å²) in [5, 5.41) is 34.3. The molecular weight excluding hydrogens is 1560 g/mol. The monoisotopic (exact) mass is 1700 g/mol. The van der Waals surface area contributed by atoms with Crippen molar-refractivity contribution < 1.29 is 149 Å². The number of hydrogen-bond acceptors (Lipinski definition) is 31. The van der Waals surface area contributed by atoms with Gasteiger partial charge in [-0.1, -0.05) is 133 Å². The Morgan fingerprint density at radius 1 is 0.370 bits per heavy atom. The maximum atomic E-state index is 13.3. The standard InChI is InChI=1S/C34H59NO11.C27H45NO11.C24H41NO9/c1-6-9-10-11-12-13-14-15-16-17-20-43-30(38)27(4)25-28(26-34(5,8-3)32(40)45-22-19-36)31(39)44-23-24-46-33(41)35-18-21-42-29(37)7-2;1-9-26(7,22(32)37-14-12-29)18-27(8,17-25(5,6)21(31)35-10-2)23(33)38-15-16-39-24(34)28-11-13-36-20(30)19(3)4;1-9-23(7,19(28)34-16-26)15-24(8,14-22(4,5)6)20(29)32-12-13-33-21(30)25-10-11-31-18(27)17(2)3/h7,27-28,36H,2,6,8-26H2,1,3-5H3,(H,35,41);29H,3,9-18H2,1-2,4-8H3,(H,28,34);26H,2,9-16H2,1,3-8H3,(H,25,30). The smallest absolute Gasteiger partial charge is 0.407 e. The number of aliphatic hydroxyl groups is 3. The van der Waals surface area contributed by atoms with E-state index in [0.29, 0.717) is 32.3 Å². The van der Waals surface area contributed by atoms with Crippen molar-refractivity contribution in [2.45, 2.75) is 247 Å². The first-order valence-corrected chi connectivity index (χ1v) is 41.1. The van der Waals surface area contributed by atoms with Crippen molar-refractivity contribution in [3.8, 4) is 0 Å². The van der Waals surface area contributed by atoms with Crippen LogP contribution in [0, 0.1) is 49.7 Å². The van der Waals surface area contributed by atoms with Gasteiger partial charge >= 0.3 is 83.9 Å². The van der Waals surface area contributed by atoms with E-state index in [-0.39, 0.29) is 161 Å². The van der Waals surface area contributed by atoms with Crippen LogP contribution < -0.4 is 16.0 Å². The molecule has 0 spiro atoms. The number of amides is 3. The van der Waals surface area contributed by atoms with Crippen molar-refractivity contribution in [3.05, 3.63) is 37.0 Å². The van der Waals surface area contributed by atoms with Crippen molar-refractivity contribution in [3.63, 3.8) is 0 Å². The van der Waals surface area contributed by atoms with Gasteiger partial charge in [0.1, 0.15) is 72.7 Å². The second kappa shape index (κ2) is 62.2. The van der Waals surface area contributed by atoms with E-state index in [4.69, 9.17) is 81.6 Å². The summed E-state index contributed by atoms with van der Waals surface area (Å²) >= 11 is 0.